The Balaban J connectivity index is 2.30. The fraction of sp³-hybridized carbons (Fsp3) is 0.308. The molecule has 21 heavy (non-hydrogen) atoms. The van der Waals surface area contributed by atoms with E-state index in [-0.39, 0.29) is 25.8 Å². The minimum Gasteiger partial charge on any atom is -0.481 e. The van der Waals surface area contributed by atoms with E-state index in [2.05, 4.69) is 5.32 Å². The normalized spacial score (nSPS) is 10.0. The van der Waals surface area contributed by atoms with Gasteiger partial charge in [-0.05, 0) is 24.1 Å². The van der Waals surface area contributed by atoms with Crippen LogP contribution >= 0.6 is 0 Å². The minimum absolute atomic E-state index is 0.0704. The average Bonchev–Trinajstić information content (AvgIpc) is 2.35. The topological polar surface area (TPSA) is 95.5 Å². The Morgan fingerprint density at radius 1 is 1.05 bits per heavy atom. The second-order valence-corrected chi connectivity index (χ2v) is 4.23. The van der Waals surface area contributed by atoms with Crippen molar-refractivity contribution in [1.29, 1.82) is 0 Å². The van der Waals surface area contributed by atoms with Gasteiger partial charge in [0.2, 0.25) is 5.91 Å². The number of nitrogens with one attached hydrogen (secondary N) is 2. The summed E-state index contributed by atoms with van der Waals surface area (Å²) in [6.07, 6.45) is -0.495. The van der Waals surface area contributed by atoms with Crippen molar-refractivity contribution in [3.8, 4) is 0 Å². The highest BCUT2D eigenvalue weighted by Crippen LogP contribution is 2.07. The molecule has 0 saturated heterocycles. The third-order valence-electron chi connectivity index (χ3n) is 2.44. The summed E-state index contributed by atoms with van der Waals surface area (Å²) in [4.78, 5) is 32.7. The summed E-state index contributed by atoms with van der Waals surface area (Å²) in [6.45, 7) is 0.0704. The van der Waals surface area contributed by atoms with Crippen LogP contribution in [0, 0.1) is 11.6 Å². The van der Waals surface area contributed by atoms with Gasteiger partial charge in [0.25, 0.3) is 0 Å². The first-order valence-corrected chi connectivity index (χ1v) is 6.11. The molecule has 1 rings (SSSR count). The number of benzene rings is 1. The molecule has 0 aliphatic carbocycles. The number of carboxylic acid groups (broad SMARTS) is 1. The lowest BCUT2D eigenvalue weighted by Crippen LogP contribution is -2.40. The number of aliphatic carboxylic acids is 1. The molecule has 114 valence electrons. The van der Waals surface area contributed by atoms with Crippen LogP contribution in [0.25, 0.3) is 0 Å². The third kappa shape index (κ3) is 7.00. The molecule has 0 saturated carbocycles. The molecule has 0 fully saturated rings. The number of hydrogen-bond donors (Lipinski definition) is 3. The number of imide groups is 1. The molecular formula is C13H14F2N2O4. The zero-order chi connectivity index (χ0) is 15.8. The smallest absolute Gasteiger partial charge is 0.321 e. The van der Waals surface area contributed by atoms with Crippen molar-refractivity contribution in [3.05, 3.63) is 35.4 Å². The van der Waals surface area contributed by atoms with Crippen molar-refractivity contribution >= 4 is 17.9 Å². The highest BCUT2D eigenvalue weighted by molar-refractivity contribution is 5.95. The molecule has 0 heterocycles. The van der Waals surface area contributed by atoms with E-state index in [9.17, 15) is 23.2 Å². The van der Waals surface area contributed by atoms with E-state index in [0.717, 1.165) is 18.2 Å². The number of urea groups is 1. The molecule has 8 heteroatoms. The van der Waals surface area contributed by atoms with Crippen LogP contribution in [0.5, 0.6) is 0 Å². The largest absolute Gasteiger partial charge is 0.481 e. The molecule has 0 unspecified atom stereocenters. The predicted octanol–water partition coefficient (Wildman–Crippen LogP) is 1.20. The molecule has 0 atom stereocenters. The van der Waals surface area contributed by atoms with E-state index in [4.69, 9.17) is 5.11 Å². The lowest BCUT2D eigenvalue weighted by atomic mass is 10.1. The van der Waals surface area contributed by atoms with Gasteiger partial charge in [-0.25, -0.2) is 13.6 Å². The first kappa shape index (κ1) is 16.5. The highest BCUT2D eigenvalue weighted by atomic mass is 19.1. The monoisotopic (exact) mass is 300 g/mol. The standard InChI is InChI=1S/C13H14F2N2O4/c14-9-5-8(6-10(15)7-9)3-4-16-13(21)17-11(18)1-2-12(19)20/h5-7H,1-4H2,(H,19,20)(H2,16,17,18,21). The average molecular weight is 300 g/mol. The maximum absolute atomic E-state index is 12.9. The van der Waals surface area contributed by atoms with E-state index >= 15 is 0 Å². The summed E-state index contributed by atoms with van der Waals surface area (Å²) in [5.74, 6) is -3.28. The van der Waals surface area contributed by atoms with E-state index in [1.165, 1.54) is 0 Å². The van der Waals surface area contributed by atoms with Crippen molar-refractivity contribution in [1.82, 2.24) is 10.6 Å². The zero-order valence-electron chi connectivity index (χ0n) is 11.0. The Kier molecular flexibility index (Phi) is 6.25. The quantitative estimate of drug-likeness (QED) is 0.735. The fourth-order valence-electron chi connectivity index (χ4n) is 1.53. The SMILES string of the molecule is O=C(O)CCC(=O)NC(=O)NCCc1cc(F)cc(F)c1. The first-order valence-electron chi connectivity index (χ1n) is 6.11. The second kappa shape index (κ2) is 7.93. The van der Waals surface area contributed by atoms with Crippen LogP contribution in [0.2, 0.25) is 0 Å². The number of halogens is 2. The third-order valence-corrected chi connectivity index (χ3v) is 2.44. The lowest BCUT2D eigenvalue weighted by molar-refractivity contribution is -0.138. The van der Waals surface area contributed by atoms with Gasteiger partial charge in [-0.1, -0.05) is 0 Å². The molecule has 1 aromatic rings. The van der Waals surface area contributed by atoms with Gasteiger partial charge < -0.3 is 10.4 Å². The molecule has 3 amide bonds. The summed E-state index contributed by atoms with van der Waals surface area (Å²) in [5, 5.41) is 12.6. The van der Waals surface area contributed by atoms with E-state index < -0.39 is 29.5 Å². The molecule has 0 bridgehead atoms. The number of amides is 3. The van der Waals surface area contributed by atoms with Crippen LogP contribution in [0.15, 0.2) is 18.2 Å². The van der Waals surface area contributed by atoms with Crippen molar-refractivity contribution < 1.29 is 28.3 Å². The lowest BCUT2D eigenvalue weighted by Gasteiger charge is -2.06. The van der Waals surface area contributed by atoms with Gasteiger partial charge in [-0.2, -0.15) is 0 Å². The zero-order valence-corrected chi connectivity index (χ0v) is 11.0. The Morgan fingerprint density at radius 3 is 2.24 bits per heavy atom. The Bertz CT molecular complexity index is 529. The van der Waals surface area contributed by atoms with Crippen LogP contribution in [-0.2, 0) is 16.0 Å². The van der Waals surface area contributed by atoms with Gasteiger partial charge in [0.15, 0.2) is 0 Å². The van der Waals surface area contributed by atoms with E-state index in [0.29, 0.717) is 5.56 Å². The number of hydrogen-bond acceptors (Lipinski definition) is 3. The first-order chi connectivity index (χ1) is 9.86. The Morgan fingerprint density at radius 2 is 1.67 bits per heavy atom. The molecule has 3 N–H and O–H groups in total. The fourth-order valence-corrected chi connectivity index (χ4v) is 1.53. The summed E-state index contributed by atoms with van der Waals surface area (Å²) >= 11 is 0. The molecule has 0 aliphatic heterocycles. The Hall–Kier alpha value is -2.51. The second-order valence-electron chi connectivity index (χ2n) is 4.23. The number of carbonyl (C=O) groups excluding carboxylic acids is 2. The summed E-state index contributed by atoms with van der Waals surface area (Å²) < 4.78 is 25.8. The van der Waals surface area contributed by atoms with Gasteiger partial charge in [0, 0.05) is 19.0 Å². The molecule has 0 radical (unpaired) electrons. The summed E-state index contributed by atoms with van der Waals surface area (Å²) in [7, 11) is 0. The number of rotatable bonds is 6. The van der Waals surface area contributed by atoms with Gasteiger partial charge in [0.05, 0.1) is 6.42 Å². The van der Waals surface area contributed by atoms with Gasteiger partial charge in [-0.15, -0.1) is 0 Å². The van der Waals surface area contributed by atoms with Crippen molar-refractivity contribution in [2.75, 3.05) is 6.54 Å². The molecule has 0 aliphatic rings. The van der Waals surface area contributed by atoms with E-state index in [1.54, 1.807) is 0 Å². The summed E-state index contributed by atoms with van der Waals surface area (Å²) in [5.41, 5.74) is 0.366. The summed E-state index contributed by atoms with van der Waals surface area (Å²) in [6, 6.07) is 2.23. The van der Waals surface area contributed by atoms with Crippen LogP contribution in [0.3, 0.4) is 0 Å². The van der Waals surface area contributed by atoms with Crippen LogP contribution in [0.4, 0.5) is 13.6 Å². The molecule has 0 spiro atoms. The Labute approximate surface area is 119 Å². The van der Waals surface area contributed by atoms with Crippen LogP contribution < -0.4 is 10.6 Å². The van der Waals surface area contributed by atoms with Crippen LogP contribution in [-0.4, -0.2) is 29.6 Å². The minimum atomic E-state index is -1.14. The maximum atomic E-state index is 12.9. The van der Waals surface area contributed by atoms with Gasteiger partial charge in [-0.3, -0.25) is 14.9 Å². The molecular weight excluding hydrogens is 286 g/mol. The predicted molar refractivity (Wildman–Crippen MR) is 68.5 cm³/mol. The molecule has 0 aromatic heterocycles. The van der Waals surface area contributed by atoms with Gasteiger partial charge >= 0.3 is 12.0 Å². The number of carboxylic acids is 1. The van der Waals surface area contributed by atoms with Crippen LogP contribution in [0.1, 0.15) is 18.4 Å². The van der Waals surface area contributed by atoms with Crippen molar-refractivity contribution in [2.24, 2.45) is 0 Å². The molecule has 6 nitrogen and oxygen atoms in total. The maximum Gasteiger partial charge on any atom is 0.321 e. The van der Waals surface area contributed by atoms with E-state index in [1.807, 2.05) is 5.32 Å². The van der Waals surface area contributed by atoms with Gasteiger partial charge in [0.1, 0.15) is 11.6 Å². The molecule has 1 aromatic carbocycles. The highest BCUT2D eigenvalue weighted by Gasteiger charge is 2.09. The van der Waals surface area contributed by atoms with Crippen molar-refractivity contribution in [2.45, 2.75) is 19.3 Å². The van der Waals surface area contributed by atoms with Crippen molar-refractivity contribution in [3.63, 3.8) is 0 Å². The number of carbonyl (C=O) groups is 3.